The van der Waals surface area contributed by atoms with Gasteiger partial charge in [0.2, 0.25) is 11.8 Å². The van der Waals surface area contributed by atoms with E-state index in [9.17, 15) is 14.4 Å². The van der Waals surface area contributed by atoms with E-state index in [1.165, 1.54) is 12.0 Å². The van der Waals surface area contributed by atoms with Crippen LogP contribution in [0, 0.1) is 11.8 Å². The molecule has 130 valence electrons. The zero-order valence-corrected chi connectivity index (χ0v) is 14.6. The Balaban J connectivity index is 1.97. The summed E-state index contributed by atoms with van der Waals surface area (Å²) in [6.07, 6.45) is 0.650. The maximum Gasteiger partial charge on any atom is 0.328 e. The van der Waals surface area contributed by atoms with Crippen LogP contribution in [0.5, 0.6) is 0 Å². The Morgan fingerprint density at radius 1 is 1.22 bits per heavy atom. The Bertz CT molecular complexity index is 494. The lowest BCUT2D eigenvalue weighted by atomic mass is 10.00. The van der Waals surface area contributed by atoms with E-state index in [0.717, 1.165) is 6.54 Å². The fourth-order valence-electron chi connectivity index (χ4n) is 3.29. The van der Waals surface area contributed by atoms with Crippen molar-refractivity contribution in [2.24, 2.45) is 11.8 Å². The Labute approximate surface area is 137 Å². The number of likely N-dealkylation sites (tertiary alicyclic amines) is 1. The standard InChI is InChI=1S/C16H27N3O4/c1-10(2)13(16(22)23-5)18(4)14(20)11-6-7-19(8-11)15(21)12-9-17(12)3/h10-13H,6-9H2,1-5H3/t11-,12-,13-,17?/m0/s1. The van der Waals surface area contributed by atoms with Crippen molar-refractivity contribution in [1.29, 1.82) is 0 Å². The van der Waals surface area contributed by atoms with Gasteiger partial charge in [0.1, 0.15) is 12.1 Å². The molecule has 0 bridgehead atoms. The van der Waals surface area contributed by atoms with Crippen LogP contribution in [0.4, 0.5) is 0 Å². The molecule has 2 fully saturated rings. The van der Waals surface area contributed by atoms with Crippen molar-refractivity contribution in [3.05, 3.63) is 0 Å². The molecule has 0 N–H and O–H groups in total. The van der Waals surface area contributed by atoms with Crippen LogP contribution in [0.3, 0.4) is 0 Å². The summed E-state index contributed by atoms with van der Waals surface area (Å²) in [5.41, 5.74) is 0. The second-order valence-corrected chi connectivity index (χ2v) is 6.89. The van der Waals surface area contributed by atoms with Crippen molar-refractivity contribution in [2.45, 2.75) is 32.4 Å². The highest BCUT2D eigenvalue weighted by Gasteiger charge is 2.43. The maximum absolute atomic E-state index is 12.7. The van der Waals surface area contributed by atoms with Gasteiger partial charge in [0.05, 0.1) is 13.0 Å². The summed E-state index contributed by atoms with van der Waals surface area (Å²) in [6, 6.07) is -0.605. The predicted molar refractivity (Wildman–Crippen MR) is 84.5 cm³/mol. The molecule has 2 heterocycles. The lowest BCUT2D eigenvalue weighted by Gasteiger charge is -2.30. The number of nitrogens with zero attached hydrogens (tertiary/aromatic N) is 3. The molecular formula is C16H27N3O4. The number of amides is 2. The molecule has 0 aromatic heterocycles. The van der Waals surface area contributed by atoms with E-state index in [1.54, 1.807) is 11.9 Å². The third-order valence-electron chi connectivity index (χ3n) is 4.83. The van der Waals surface area contributed by atoms with Gasteiger partial charge >= 0.3 is 5.97 Å². The normalized spacial score (nSPS) is 27.7. The molecule has 2 amide bonds. The molecule has 2 aliphatic rings. The van der Waals surface area contributed by atoms with Gasteiger partial charge in [0.15, 0.2) is 0 Å². The van der Waals surface area contributed by atoms with Crippen LogP contribution in [0.1, 0.15) is 20.3 Å². The number of carbonyl (C=O) groups excluding carboxylic acids is 3. The number of rotatable bonds is 5. The number of ether oxygens (including phenoxy) is 1. The monoisotopic (exact) mass is 325 g/mol. The van der Waals surface area contributed by atoms with Gasteiger partial charge < -0.3 is 14.5 Å². The third-order valence-corrected chi connectivity index (χ3v) is 4.83. The van der Waals surface area contributed by atoms with Gasteiger partial charge in [0.25, 0.3) is 0 Å². The first-order chi connectivity index (χ1) is 10.8. The Hall–Kier alpha value is -1.63. The SMILES string of the molecule is COC(=O)[C@H](C(C)C)N(C)C(=O)[C@H]1CCN(C(=O)[C@@H]2CN2C)C1. The third kappa shape index (κ3) is 3.65. The summed E-state index contributed by atoms with van der Waals surface area (Å²) in [5.74, 6) is -0.650. The molecule has 7 heteroatoms. The average Bonchev–Trinajstić information content (AvgIpc) is 3.03. The fraction of sp³-hybridized carbons (Fsp3) is 0.812. The van der Waals surface area contributed by atoms with Gasteiger partial charge in [-0.1, -0.05) is 13.8 Å². The molecule has 0 aliphatic carbocycles. The van der Waals surface area contributed by atoms with Crippen LogP contribution in [-0.4, -0.2) is 85.4 Å². The first kappa shape index (κ1) is 17.7. The van der Waals surface area contributed by atoms with Gasteiger partial charge in [0, 0.05) is 26.7 Å². The average molecular weight is 325 g/mol. The largest absolute Gasteiger partial charge is 0.467 e. The van der Waals surface area contributed by atoms with Crippen LogP contribution in [0.25, 0.3) is 0 Å². The minimum atomic E-state index is -0.591. The summed E-state index contributed by atoms with van der Waals surface area (Å²) < 4.78 is 4.82. The minimum Gasteiger partial charge on any atom is -0.467 e. The molecule has 23 heavy (non-hydrogen) atoms. The molecule has 2 rings (SSSR count). The lowest BCUT2D eigenvalue weighted by Crippen LogP contribution is -2.49. The molecule has 0 radical (unpaired) electrons. The number of hydrogen-bond donors (Lipinski definition) is 0. The summed E-state index contributed by atoms with van der Waals surface area (Å²) in [7, 11) is 4.89. The molecule has 1 unspecified atom stereocenters. The van der Waals surface area contributed by atoms with E-state index in [0.29, 0.717) is 19.5 Å². The molecule has 7 nitrogen and oxygen atoms in total. The molecule has 0 saturated carbocycles. The number of esters is 1. The summed E-state index contributed by atoms with van der Waals surface area (Å²) >= 11 is 0. The predicted octanol–water partition coefficient (Wildman–Crippen LogP) is -0.195. The summed E-state index contributed by atoms with van der Waals surface area (Å²) in [6.45, 7) is 5.62. The second-order valence-electron chi connectivity index (χ2n) is 6.89. The van der Waals surface area contributed by atoms with Gasteiger partial charge in [-0.3, -0.25) is 14.5 Å². The number of carbonyl (C=O) groups is 3. The molecule has 0 spiro atoms. The van der Waals surface area contributed by atoms with E-state index < -0.39 is 12.0 Å². The van der Waals surface area contributed by atoms with Crippen molar-refractivity contribution >= 4 is 17.8 Å². The summed E-state index contributed by atoms with van der Waals surface area (Å²) in [5, 5.41) is 0. The van der Waals surface area contributed by atoms with Crippen LogP contribution < -0.4 is 0 Å². The van der Waals surface area contributed by atoms with Gasteiger partial charge in [-0.25, -0.2) is 4.79 Å². The van der Waals surface area contributed by atoms with Crippen molar-refractivity contribution < 1.29 is 19.1 Å². The molecule has 0 aromatic rings. The van der Waals surface area contributed by atoms with E-state index in [4.69, 9.17) is 4.74 Å². The van der Waals surface area contributed by atoms with E-state index in [1.807, 2.05) is 25.8 Å². The van der Waals surface area contributed by atoms with Crippen LogP contribution in [0.2, 0.25) is 0 Å². The van der Waals surface area contributed by atoms with Crippen molar-refractivity contribution in [3.8, 4) is 0 Å². The Morgan fingerprint density at radius 3 is 2.30 bits per heavy atom. The Kier molecular flexibility index (Phi) is 5.29. The van der Waals surface area contributed by atoms with Crippen LogP contribution >= 0.6 is 0 Å². The van der Waals surface area contributed by atoms with Gasteiger partial charge in [-0.2, -0.15) is 0 Å². The lowest BCUT2D eigenvalue weighted by molar-refractivity contribution is -0.155. The minimum absolute atomic E-state index is 0.0138. The zero-order chi connectivity index (χ0) is 17.3. The summed E-state index contributed by atoms with van der Waals surface area (Å²) in [4.78, 5) is 42.1. The quantitative estimate of drug-likeness (QED) is 0.517. The smallest absolute Gasteiger partial charge is 0.328 e. The first-order valence-corrected chi connectivity index (χ1v) is 8.11. The molecule has 2 saturated heterocycles. The van der Waals surface area contributed by atoms with E-state index in [-0.39, 0.29) is 29.7 Å². The molecule has 4 atom stereocenters. The van der Waals surface area contributed by atoms with Crippen molar-refractivity contribution in [3.63, 3.8) is 0 Å². The fourth-order valence-corrected chi connectivity index (χ4v) is 3.29. The highest BCUT2D eigenvalue weighted by Crippen LogP contribution is 2.25. The maximum atomic E-state index is 12.7. The highest BCUT2D eigenvalue weighted by atomic mass is 16.5. The first-order valence-electron chi connectivity index (χ1n) is 8.11. The number of methoxy groups -OCH3 is 1. The number of likely N-dealkylation sites (N-methyl/N-ethyl adjacent to an activating group) is 2. The van der Waals surface area contributed by atoms with Gasteiger partial charge in [-0.15, -0.1) is 0 Å². The zero-order valence-electron chi connectivity index (χ0n) is 14.6. The van der Waals surface area contributed by atoms with Gasteiger partial charge in [-0.05, 0) is 19.4 Å². The van der Waals surface area contributed by atoms with E-state index >= 15 is 0 Å². The second kappa shape index (κ2) is 6.86. The van der Waals surface area contributed by atoms with Crippen molar-refractivity contribution in [2.75, 3.05) is 40.8 Å². The molecule has 2 aliphatic heterocycles. The topological polar surface area (TPSA) is 69.9 Å². The molecular weight excluding hydrogens is 298 g/mol. The van der Waals surface area contributed by atoms with Crippen LogP contribution in [-0.2, 0) is 19.1 Å². The number of hydrogen-bond acceptors (Lipinski definition) is 5. The molecule has 0 aromatic carbocycles. The Morgan fingerprint density at radius 2 is 1.83 bits per heavy atom. The van der Waals surface area contributed by atoms with E-state index in [2.05, 4.69) is 0 Å². The van der Waals surface area contributed by atoms with Crippen molar-refractivity contribution in [1.82, 2.24) is 14.7 Å². The van der Waals surface area contributed by atoms with Crippen LogP contribution in [0.15, 0.2) is 0 Å². The highest BCUT2D eigenvalue weighted by molar-refractivity contribution is 5.88.